The van der Waals surface area contributed by atoms with Crippen molar-refractivity contribution in [3.63, 3.8) is 0 Å². The Morgan fingerprint density at radius 1 is 1.31 bits per heavy atom. The lowest BCUT2D eigenvalue weighted by molar-refractivity contribution is 0.280. The number of hydrogen-bond donors (Lipinski definition) is 1. The van der Waals surface area contributed by atoms with Gasteiger partial charge in [-0.3, -0.25) is 0 Å². The number of aliphatic hydroxyl groups is 1. The van der Waals surface area contributed by atoms with Gasteiger partial charge in [0.05, 0.1) is 6.61 Å². The third-order valence-corrected chi connectivity index (χ3v) is 2.14. The zero-order chi connectivity index (χ0) is 9.68. The first-order chi connectivity index (χ1) is 6.31. The zero-order valence-corrected chi connectivity index (χ0v) is 8.25. The summed E-state index contributed by atoms with van der Waals surface area (Å²) < 4.78 is 0. The number of allylic oxidation sites excluding steroid dienone is 1. The fourth-order valence-corrected chi connectivity index (χ4v) is 1.43. The maximum absolute atomic E-state index is 9.12. The monoisotopic (exact) mass is 176 g/mol. The molecule has 1 heteroatoms. The van der Waals surface area contributed by atoms with Crippen LogP contribution in [-0.4, -0.2) is 5.11 Å². The van der Waals surface area contributed by atoms with E-state index in [2.05, 4.69) is 19.1 Å². The molecule has 0 saturated carbocycles. The molecule has 70 valence electrons. The molecule has 0 aliphatic heterocycles. The maximum Gasteiger partial charge on any atom is 0.0684 e. The van der Waals surface area contributed by atoms with E-state index in [0.29, 0.717) is 0 Å². The largest absolute Gasteiger partial charge is 0.392 e. The van der Waals surface area contributed by atoms with Crippen LogP contribution >= 0.6 is 0 Å². The van der Waals surface area contributed by atoms with Crippen LogP contribution in [0, 0.1) is 0 Å². The number of aliphatic hydroxyl groups excluding tert-OH is 1. The average molecular weight is 176 g/mol. The first-order valence-electron chi connectivity index (χ1n) is 4.67. The van der Waals surface area contributed by atoms with Gasteiger partial charge in [-0.25, -0.2) is 0 Å². The molecule has 0 fully saturated rings. The van der Waals surface area contributed by atoms with Crippen LogP contribution < -0.4 is 0 Å². The Kier molecular flexibility index (Phi) is 3.71. The topological polar surface area (TPSA) is 20.2 Å². The van der Waals surface area contributed by atoms with Gasteiger partial charge in [-0.15, -0.1) is 0 Å². The Hall–Kier alpha value is -1.08. The lowest BCUT2D eigenvalue weighted by Gasteiger charge is -2.05. The van der Waals surface area contributed by atoms with E-state index in [1.54, 1.807) is 0 Å². The molecule has 0 heterocycles. The zero-order valence-electron chi connectivity index (χ0n) is 8.25. The highest BCUT2D eigenvalue weighted by Crippen LogP contribution is 2.14. The van der Waals surface area contributed by atoms with E-state index < -0.39 is 0 Å². The van der Waals surface area contributed by atoms with E-state index in [4.69, 9.17) is 5.11 Å². The van der Waals surface area contributed by atoms with Crippen LogP contribution in [0.1, 0.15) is 30.5 Å². The fourth-order valence-electron chi connectivity index (χ4n) is 1.43. The molecular formula is C12H16O. The Labute approximate surface area is 79.7 Å². The lowest BCUT2D eigenvalue weighted by atomic mass is 10.0. The molecule has 0 saturated heterocycles. The van der Waals surface area contributed by atoms with Gasteiger partial charge in [0.2, 0.25) is 0 Å². The van der Waals surface area contributed by atoms with Crippen molar-refractivity contribution >= 4 is 6.08 Å². The Balaban J connectivity index is 3.05. The first kappa shape index (κ1) is 10.0. The molecule has 0 atom stereocenters. The van der Waals surface area contributed by atoms with Crippen LogP contribution in [0.25, 0.3) is 6.08 Å². The molecule has 1 aromatic rings. The van der Waals surface area contributed by atoms with Gasteiger partial charge >= 0.3 is 0 Å². The predicted octanol–water partition coefficient (Wildman–Crippen LogP) is 2.77. The third kappa shape index (κ3) is 2.43. The van der Waals surface area contributed by atoms with E-state index in [1.165, 1.54) is 5.56 Å². The van der Waals surface area contributed by atoms with E-state index in [-0.39, 0.29) is 6.61 Å². The van der Waals surface area contributed by atoms with Crippen LogP contribution in [-0.2, 0) is 13.0 Å². The minimum Gasteiger partial charge on any atom is -0.392 e. The lowest BCUT2D eigenvalue weighted by Crippen LogP contribution is -1.92. The standard InChI is InChI=1S/C12H16O/c1-3-5-10-6-7-11(4-2)12(8-10)9-13/h3,5-8,13H,4,9H2,1-2H3/b5-3+. The normalized spacial score (nSPS) is 11.0. The van der Waals surface area contributed by atoms with E-state index in [1.807, 2.05) is 25.1 Å². The van der Waals surface area contributed by atoms with Gasteiger partial charge in [0, 0.05) is 0 Å². The van der Waals surface area contributed by atoms with Gasteiger partial charge in [-0.05, 0) is 36.1 Å². The summed E-state index contributed by atoms with van der Waals surface area (Å²) in [5, 5.41) is 9.12. The maximum atomic E-state index is 9.12. The van der Waals surface area contributed by atoms with Crippen LogP contribution in [0.2, 0.25) is 0 Å². The molecule has 0 amide bonds. The van der Waals surface area contributed by atoms with Crippen LogP contribution in [0.15, 0.2) is 24.3 Å². The molecule has 13 heavy (non-hydrogen) atoms. The summed E-state index contributed by atoms with van der Waals surface area (Å²) in [5.74, 6) is 0. The minimum atomic E-state index is 0.133. The molecule has 0 aliphatic carbocycles. The highest BCUT2D eigenvalue weighted by atomic mass is 16.3. The van der Waals surface area contributed by atoms with Gasteiger partial charge in [-0.2, -0.15) is 0 Å². The van der Waals surface area contributed by atoms with Gasteiger partial charge in [0.15, 0.2) is 0 Å². The molecule has 1 aromatic carbocycles. The Morgan fingerprint density at radius 2 is 2.08 bits per heavy atom. The van der Waals surface area contributed by atoms with Crippen molar-refractivity contribution in [2.75, 3.05) is 0 Å². The highest BCUT2D eigenvalue weighted by molar-refractivity contribution is 5.51. The smallest absolute Gasteiger partial charge is 0.0684 e. The molecule has 0 bridgehead atoms. The van der Waals surface area contributed by atoms with Crippen molar-refractivity contribution in [3.8, 4) is 0 Å². The molecular weight excluding hydrogens is 160 g/mol. The summed E-state index contributed by atoms with van der Waals surface area (Å²) in [4.78, 5) is 0. The molecule has 1 nitrogen and oxygen atoms in total. The van der Waals surface area contributed by atoms with Crippen LogP contribution in [0.4, 0.5) is 0 Å². The summed E-state index contributed by atoms with van der Waals surface area (Å²) in [6, 6.07) is 6.21. The fraction of sp³-hybridized carbons (Fsp3) is 0.333. The van der Waals surface area contributed by atoms with E-state index >= 15 is 0 Å². The van der Waals surface area contributed by atoms with Crippen molar-refractivity contribution in [1.29, 1.82) is 0 Å². The third-order valence-electron chi connectivity index (χ3n) is 2.14. The summed E-state index contributed by atoms with van der Waals surface area (Å²) >= 11 is 0. The minimum absolute atomic E-state index is 0.133. The number of hydrogen-bond acceptors (Lipinski definition) is 1. The summed E-state index contributed by atoms with van der Waals surface area (Å²) in [7, 11) is 0. The Morgan fingerprint density at radius 3 is 2.62 bits per heavy atom. The molecule has 0 radical (unpaired) electrons. The summed E-state index contributed by atoms with van der Waals surface area (Å²) in [5.41, 5.74) is 3.43. The quantitative estimate of drug-likeness (QED) is 0.750. The van der Waals surface area contributed by atoms with E-state index in [9.17, 15) is 0 Å². The van der Waals surface area contributed by atoms with Crippen molar-refractivity contribution in [2.24, 2.45) is 0 Å². The van der Waals surface area contributed by atoms with Crippen molar-refractivity contribution < 1.29 is 5.11 Å². The van der Waals surface area contributed by atoms with Gasteiger partial charge < -0.3 is 5.11 Å². The van der Waals surface area contributed by atoms with Gasteiger partial charge in [-0.1, -0.05) is 31.2 Å². The van der Waals surface area contributed by atoms with Crippen LogP contribution in [0.5, 0.6) is 0 Å². The van der Waals surface area contributed by atoms with Crippen molar-refractivity contribution in [1.82, 2.24) is 0 Å². The van der Waals surface area contributed by atoms with Crippen molar-refractivity contribution in [2.45, 2.75) is 26.9 Å². The second kappa shape index (κ2) is 4.83. The average Bonchev–Trinajstić information content (AvgIpc) is 2.18. The number of benzene rings is 1. The SMILES string of the molecule is C/C=C/c1ccc(CC)c(CO)c1. The molecule has 0 aromatic heterocycles. The first-order valence-corrected chi connectivity index (χ1v) is 4.67. The van der Waals surface area contributed by atoms with Gasteiger partial charge in [0.1, 0.15) is 0 Å². The summed E-state index contributed by atoms with van der Waals surface area (Å²) in [6.07, 6.45) is 5.02. The summed E-state index contributed by atoms with van der Waals surface area (Å²) in [6.45, 7) is 4.23. The second-order valence-corrected chi connectivity index (χ2v) is 3.04. The molecule has 0 unspecified atom stereocenters. The van der Waals surface area contributed by atoms with Crippen molar-refractivity contribution in [3.05, 3.63) is 41.0 Å². The molecule has 1 rings (SSSR count). The molecule has 1 N–H and O–H groups in total. The predicted molar refractivity (Wildman–Crippen MR) is 56.5 cm³/mol. The van der Waals surface area contributed by atoms with E-state index in [0.717, 1.165) is 17.5 Å². The Bertz CT molecular complexity index is 300. The van der Waals surface area contributed by atoms with Crippen LogP contribution in [0.3, 0.4) is 0 Å². The van der Waals surface area contributed by atoms with Gasteiger partial charge in [0.25, 0.3) is 0 Å². The molecule has 0 spiro atoms. The number of aryl methyl sites for hydroxylation is 1. The molecule has 0 aliphatic rings. The highest BCUT2D eigenvalue weighted by Gasteiger charge is 1.99. The number of rotatable bonds is 3. The second-order valence-electron chi connectivity index (χ2n) is 3.04.